The molecule has 0 aliphatic carbocycles. The summed E-state index contributed by atoms with van der Waals surface area (Å²) in [6, 6.07) is 0. The first-order valence-electron chi connectivity index (χ1n) is 4.86. The van der Waals surface area contributed by atoms with Crippen LogP contribution in [0.15, 0.2) is 0 Å². The number of esters is 1. The molecular formula is C10H17NO4. The zero-order chi connectivity index (χ0) is 11.8. The maximum atomic E-state index is 11.4. The van der Waals surface area contributed by atoms with Gasteiger partial charge in [0, 0.05) is 19.9 Å². The highest BCUT2D eigenvalue weighted by atomic mass is 16.5. The number of carbonyl (C=O) groups is 3. The summed E-state index contributed by atoms with van der Waals surface area (Å²) in [5, 5.41) is 0. The Labute approximate surface area is 89.4 Å². The Morgan fingerprint density at radius 3 is 2.27 bits per heavy atom. The fourth-order valence-electron chi connectivity index (χ4n) is 0.962. The first-order chi connectivity index (χ1) is 6.97. The third-order valence-corrected chi connectivity index (χ3v) is 1.79. The molecule has 0 heterocycles. The predicted octanol–water partition coefficient (Wildman–Crippen LogP) is 0.377. The average molecular weight is 215 g/mol. The Balaban J connectivity index is 3.88. The van der Waals surface area contributed by atoms with Gasteiger partial charge in [0.05, 0.1) is 6.61 Å². The number of hydrogen-bond acceptors (Lipinski definition) is 4. The summed E-state index contributed by atoms with van der Waals surface area (Å²) in [7, 11) is 1.51. The monoisotopic (exact) mass is 215 g/mol. The maximum absolute atomic E-state index is 11.4. The molecule has 0 rings (SSSR count). The van der Waals surface area contributed by atoms with E-state index in [9.17, 15) is 14.4 Å². The summed E-state index contributed by atoms with van der Waals surface area (Å²) < 4.78 is 4.69. The van der Waals surface area contributed by atoms with E-state index in [1.165, 1.54) is 18.9 Å². The van der Waals surface area contributed by atoms with Crippen molar-refractivity contribution in [2.45, 2.75) is 26.7 Å². The van der Waals surface area contributed by atoms with Crippen LogP contribution < -0.4 is 0 Å². The molecule has 0 aromatic carbocycles. The van der Waals surface area contributed by atoms with Crippen molar-refractivity contribution in [3.8, 4) is 0 Å². The van der Waals surface area contributed by atoms with Gasteiger partial charge in [-0.05, 0) is 13.8 Å². The van der Waals surface area contributed by atoms with E-state index in [1.54, 1.807) is 6.92 Å². The molecule has 0 radical (unpaired) electrons. The van der Waals surface area contributed by atoms with Crippen LogP contribution in [0.1, 0.15) is 26.7 Å². The van der Waals surface area contributed by atoms with Crippen LogP contribution in [0.4, 0.5) is 0 Å². The minimum Gasteiger partial charge on any atom is -0.465 e. The van der Waals surface area contributed by atoms with Gasteiger partial charge in [-0.2, -0.15) is 0 Å². The molecule has 5 nitrogen and oxygen atoms in total. The Bertz CT molecular complexity index is 250. The SMILES string of the molecule is CCOC(=O)CN(C)C(=O)CCC(C)=O. The van der Waals surface area contributed by atoms with Crippen LogP contribution in [0.2, 0.25) is 0 Å². The van der Waals surface area contributed by atoms with E-state index in [0.717, 1.165) is 0 Å². The molecule has 0 saturated heterocycles. The van der Waals surface area contributed by atoms with Gasteiger partial charge >= 0.3 is 5.97 Å². The number of ether oxygens (including phenoxy) is 1. The second-order valence-electron chi connectivity index (χ2n) is 3.26. The largest absolute Gasteiger partial charge is 0.465 e. The highest BCUT2D eigenvalue weighted by Crippen LogP contribution is 1.97. The Morgan fingerprint density at radius 1 is 1.20 bits per heavy atom. The number of nitrogens with zero attached hydrogens (tertiary/aromatic N) is 1. The van der Waals surface area contributed by atoms with Crippen molar-refractivity contribution < 1.29 is 19.1 Å². The van der Waals surface area contributed by atoms with Gasteiger partial charge in [0.25, 0.3) is 0 Å². The molecule has 0 bridgehead atoms. The highest BCUT2D eigenvalue weighted by Gasteiger charge is 2.13. The standard InChI is InChI=1S/C10H17NO4/c1-4-15-10(14)7-11(3)9(13)6-5-8(2)12/h4-7H2,1-3H3. The van der Waals surface area contributed by atoms with Crippen LogP contribution in [0.5, 0.6) is 0 Å². The van der Waals surface area contributed by atoms with E-state index in [0.29, 0.717) is 6.61 Å². The lowest BCUT2D eigenvalue weighted by molar-refractivity contribution is -0.148. The van der Waals surface area contributed by atoms with Crippen LogP contribution >= 0.6 is 0 Å². The number of likely N-dealkylation sites (N-methyl/N-ethyl adjacent to an activating group) is 1. The second kappa shape index (κ2) is 6.98. The molecule has 0 aliphatic heterocycles. The first-order valence-corrected chi connectivity index (χ1v) is 4.86. The molecule has 0 fully saturated rings. The van der Waals surface area contributed by atoms with Gasteiger partial charge in [-0.3, -0.25) is 9.59 Å². The van der Waals surface area contributed by atoms with Crippen molar-refractivity contribution in [2.75, 3.05) is 20.2 Å². The van der Waals surface area contributed by atoms with Crippen LogP contribution in [0.3, 0.4) is 0 Å². The minimum absolute atomic E-state index is 0.0344. The van der Waals surface area contributed by atoms with E-state index in [4.69, 9.17) is 0 Å². The van der Waals surface area contributed by atoms with E-state index < -0.39 is 5.97 Å². The third-order valence-electron chi connectivity index (χ3n) is 1.79. The molecule has 0 N–H and O–H groups in total. The average Bonchev–Trinajstić information content (AvgIpc) is 2.14. The fourth-order valence-corrected chi connectivity index (χ4v) is 0.962. The molecule has 0 unspecified atom stereocenters. The molecule has 0 atom stereocenters. The van der Waals surface area contributed by atoms with Crippen LogP contribution in [-0.2, 0) is 19.1 Å². The van der Waals surface area contributed by atoms with E-state index in [-0.39, 0.29) is 31.1 Å². The van der Waals surface area contributed by atoms with Gasteiger partial charge in [-0.25, -0.2) is 0 Å². The molecule has 0 saturated carbocycles. The summed E-state index contributed by atoms with van der Waals surface area (Å²) in [5.41, 5.74) is 0. The molecular weight excluding hydrogens is 198 g/mol. The molecule has 86 valence electrons. The molecule has 5 heteroatoms. The fraction of sp³-hybridized carbons (Fsp3) is 0.700. The number of rotatable bonds is 6. The molecule has 15 heavy (non-hydrogen) atoms. The van der Waals surface area contributed by atoms with Crippen molar-refractivity contribution in [2.24, 2.45) is 0 Å². The number of hydrogen-bond donors (Lipinski definition) is 0. The van der Waals surface area contributed by atoms with Crippen molar-refractivity contribution >= 4 is 17.7 Å². The van der Waals surface area contributed by atoms with Crippen LogP contribution in [0, 0.1) is 0 Å². The highest BCUT2D eigenvalue weighted by molar-refractivity contribution is 5.85. The molecule has 1 amide bonds. The topological polar surface area (TPSA) is 63.7 Å². The Morgan fingerprint density at radius 2 is 1.80 bits per heavy atom. The summed E-state index contributed by atoms with van der Waals surface area (Å²) >= 11 is 0. The summed E-state index contributed by atoms with van der Waals surface area (Å²) in [6.07, 6.45) is 0.358. The number of Topliss-reactive ketones (excluding diaryl/α,β-unsaturated/α-hetero) is 1. The quantitative estimate of drug-likeness (QED) is 0.601. The predicted molar refractivity (Wildman–Crippen MR) is 54.2 cm³/mol. The normalized spacial score (nSPS) is 9.53. The lowest BCUT2D eigenvalue weighted by Crippen LogP contribution is -2.33. The van der Waals surface area contributed by atoms with Crippen molar-refractivity contribution in [3.05, 3.63) is 0 Å². The minimum atomic E-state index is -0.434. The zero-order valence-corrected chi connectivity index (χ0v) is 9.41. The van der Waals surface area contributed by atoms with Crippen molar-refractivity contribution in [3.63, 3.8) is 0 Å². The summed E-state index contributed by atoms with van der Waals surface area (Å²) in [6.45, 7) is 3.37. The Hall–Kier alpha value is -1.39. The van der Waals surface area contributed by atoms with Gasteiger partial charge < -0.3 is 14.4 Å². The number of ketones is 1. The van der Waals surface area contributed by atoms with Gasteiger partial charge in [0.2, 0.25) is 5.91 Å². The van der Waals surface area contributed by atoms with Crippen LogP contribution in [0.25, 0.3) is 0 Å². The summed E-state index contributed by atoms with van der Waals surface area (Å²) in [4.78, 5) is 34.3. The lowest BCUT2D eigenvalue weighted by atomic mass is 10.2. The second-order valence-corrected chi connectivity index (χ2v) is 3.26. The number of amides is 1. The zero-order valence-electron chi connectivity index (χ0n) is 9.41. The molecule has 0 aromatic heterocycles. The summed E-state index contributed by atoms with van der Waals surface area (Å²) in [5.74, 6) is -0.692. The van der Waals surface area contributed by atoms with Gasteiger partial charge in [0.1, 0.15) is 12.3 Å². The lowest BCUT2D eigenvalue weighted by Gasteiger charge is -2.15. The number of carbonyl (C=O) groups excluding carboxylic acids is 3. The van der Waals surface area contributed by atoms with Crippen LogP contribution in [-0.4, -0.2) is 42.8 Å². The maximum Gasteiger partial charge on any atom is 0.325 e. The van der Waals surface area contributed by atoms with Gasteiger partial charge in [-0.15, -0.1) is 0 Å². The van der Waals surface area contributed by atoms with Gasteiger partial charge in [0.15, 0.2) is 0 Å². The van der Waals surface area contributed by atoms with Crippen molar-refractivity contribution in [1.29, 1.82) is 0 Å². The smallest absolute Gasteiger partial charge is 0.325 e. The molecule has 0 spiro atoms. The van der Waals surface area contributed by atoms with E-state index in [2.05, 4.69) is 4.74 Å². The van der Waals surface area contributed by atoms with Crippen molar-refractivity contribution in [1.82, 2.24) is 4.90 Å². The molecule has 0 aromatic rings. The van der Waals surface area contributed by atoms with Gasteiger partial charge in [-0.1, -0.05) is 0 Å². The van der Waals surface area contributed by atoms with E-state index >= 15 is 0 Å². The van der Waals surface area contributed by atoms with E-state index in [1.807, 2.05) is 0 Å². The third kappa shape index (κ3) is 6.65. The first kappa shape index (κ1) is 13.6. The molecule has 0 aliphatic rings. The Kier molecular flexibility index (Phi) is 6.33.